The van der Waals surface area contributed by atoms with Gasteiger partial charge in [0, 0.05) is 0 Å². The summed E-state index contributed by atoms with van der Waals surface area (Å²) in [7, 11) is -0.301. The van der Waals surface area contributed by atoms with Gasteiger partial charge in [-0.1, -0.05) is 118 Å². The van der Waals surface area contributed by atoms with Crippen LogP contribution in [0.3, 0.4) is 0 Å². The monoisotopic (exact) mass is 358 g/mol. The highest BCUT2D eigenvalue weighted by atomic mass is 31.1. The quantitative estimate of drug-likeness (QED) is 0.558. The van der Waals surface area contributed by atoms with E-state index in [9.17, 15) is 0 Å². The summed E-state index contributed by atoms with van der Waals surface area (Å²) < 4.78 is 0. The highest BCUT2D eigenvalue weighted by Gasteiger charge is 2.30. The molecule has 0 unspecified atom stereocenters. The van der Waals surface area contributed by atoms with Crippen molar-refractivity contribution in [2.45, 2.75) is 51.9 Å². The first-order valence-corrected chi connectivity index (χ1v) is 11.9. The second kappa shape index (κ2) is 8.12. The maximum absolute atomic E-state index is 2.41. The highest BCUT2D eigenvalue weighted by Crippen LogP contribution is 2.54. The summed E-state index contributed by atoms with van der Waals surface area (Å²) in [6.07, 6.45) is 2.64. The van der Waals surface area contributed by atoms with Gasteiger partial charge in [0.1, 0.15) is 0 Å². The summed E-state index contributed by atoms with van der Waals surface area (Å²) in [5.41, 5.74) is 0. The molecule has 0 aliphatic heterocycles. The van der Waals surface area contributed by atoms with E-state index >= 15 is 0 Å². The van der Waals surface area contributed by atoms with Crippen molar-refractivity contribution >= 4 is 26.5 Å². The molecule has 0 spiro atoms. The summed E-state index contributed by atoms with van der Waals surface area (Å²) in [5, 5.41) is 3.81. The number of rotatable bonds is 5. The van der Waals surface area contributed by atoms with Crippen LogP contribution in [0.15, 0.2) is 60.7 Å². The van der Waals surface area contributed by atoms with Gasteiger partial charge in [-0.2, -0.15) is 0 Å². The SMILES string of the molecule is CC(C)(C)[P@](CC[P@](c1ccccc1)C(C)(C)C)c1ccccc1. The van der Waals surface area contributed by atoms with Crippen LogP contribution in [0.1, 0.15) is 41.5 Å². The van der Waals surface area contributed by atoms with Crippen LogP contribution in [0.25, 0.3) is 0 Å². The molecule has 2 heteroatoms. The predicted octanol–water partition coefficient (Wildman–Crippen LogP) is 6.20. The molecule has 0 aromatic heterocycles. The second-order valence-electron chi connectivity index (χ2n) is 8.32. The average molecular weight is 358 g/mol. The van der Waals surface area contributed by atoms with Gasteiger partial charge in [-0.3, -0.25) is 0 Å². The Balaban J connectivity index is 2.23. The highest BCUT2D eigenvalue weighted by molar-refractivity contribution is 7.70. The molecule has 0 amide bonds. The molecule has 0 aliphatic rings. The first-order valence-electron chi connectivity index (χ1n) is 8.85. The third-order valence-electron chi connectivity index (χ3n) is 4.30. The van der Waals surface area contributed by atoms with Crippen LogP contribution < -0.4 is 10.6 Å². The van der Waals surface area contributed by atoms with E-state index in [0.29, 0.717) is 10.3 Å². The van der Waals surface area contributed by atoms with Crippen molar-refractivity contribution in [1.29, 1.82) is 0 Å². The molecule has 2 atom stereocenters. The van der Waals surface area contributed by atoms with E-state index in [2.05, 4.69) is 102 Å². The molecule has 0 N–H and O–H groups in total. The Morgan fingerprint density at radius 1 is 0.542 bits per heavy atom. The van der Waals surface area contributed by atoms with Crippen LogP contribution in [0.5, 0.6) is 0 Å². The minimum Gasteiger partial charge on any atom is -0.0694 e. The van der Waals surface area contributed by atoms with Gasteiger partial charge in [-0.25, -0.2) is 0 Å². The fourth-order valence-corrected chi connectivity index (χ4v) is 9.19. The fourth-order valence-electron chi connectivity index (χ4n) is 3.12. The Kier molecular flexibility index (Phi) is 6.64. The molecular weight excluding hydrogens is 326 g/mol. The van der Waals surface area contributed by atoms with Crippen molar-refractivity contribution in [3.05, 3.63) is 60.7 Å². The van der Waals surface area contributed by atoms with E-state index in [4.69, 9.17) is 0 Å². The summed E-state index contributed by atoms with van der Waals surface area (Å²) >= 11 is 0. The minimum absolute atomic E-state index is 0.151. The van der Waals surface area contributed by atoms with E-state index in [1.807, 2.05) is 0 Å². The normalized spacial score (nSPS) is 15.1. The molecule has 2 aromatic rings. The summed E-state index contributed by atoms with van der Waals surface area (Å²) in [5.74, 6) is 0. The number of hydrogen-bond acceptors (Lipinski definition) is 0. The van der Waals surface area contributed by atoms with Gasteiger partial charge >= 0.3 is 0 Å². The lowest BCUT2D eigenvalue weighted by atomic mass is 10.3. The predicted molar refractivity (Wildman–Crippen MR) is 115 cm³/mol. The van der Waals surface area contributed by atoms with E-state index in [0.717, 1.165) is 0 Å². The Hall–Kier alpha value is -0.700. The first kappa shape index (κ1) is 19.6. The van der Waals surface area contributed by atoms with E-state index < -0.39 is 0 Å². The van der Waals surface area contributed by atoms with Crippen LogP contribution in [-0.4, -0.2) is 22.6 Å². The van der Waals surface area contributed by atoms with Crippen LogP contribution >= 0.6 is 15.8 Å². The third-order valence-corrected chi connectivity index (χ3v) is 11.1. The Morgan fingerprint density at radius 3 is 1.08 bits per heavy atom. The standard InChI is InChI=1S/C22H32P2/c1-21(2,3)23(19-13-9-7-10-14-19)17-18-24(22(4,5)6)20-15-11-8-12-16-20/h7-16H,17-18H2,1-6H3/t23-,24-/m1/s1. The van der Waals surface area contributed by atoms with Gasteiger partial charge in [-0.15, -0.1) is 0 Å². The molecule has 130 valence electrons. The van der Waals surface area contributed by atoms with Crippen LogP contribution in [0.2, 0.25) is 0 Å². The molecule has 0 saturated carbocycles. The molecule has 0 saturated heterocycles. The molecular formula is C22H32P2. The zero-order chi connectivity index (χ0) is 17.8. The maximum Gasteiger partial charge on any atom is -0.0139 e. The molecule has 0 nitrogen and oxygen atoms in total. The van der Waals surface area contributed by atoms with Gasteiger partial charge < -0.3 is 0 Å². The largest absolute Gasteiger partial charge is 0.0694 e. The van der Waals surface area contributed by atoms with Gasteiger partial charge in [0.05, 0.1) is 0 Å². The molecule has 0 aliphatic carbocycles. The van der Waals surface area contributed by atoms with Gasteiger partial charge in [0.2, 0.25) is 0 Å². The molecule has 24 heavy (non-hydrogen) atoms. The van der Waals surface area contributed by atoms with E-state index in [1.165, 1.54) is 12.3 Å². The lowest BCUT2D eigenvalue weighted by Crippen LogP contribution is -2.26. The zero-order valence-electron chi connectivity index (χ0n) is 16.1. The topological polar surface area (TPSA) is 0 Å². The Bertz CT molecular complexity index is 548. The van der Waals surface area contributed by atoms with Crippen LogP contribution in [0, 0.1) is 0 Å². The smallest absolute Gasteiger partial charge is 0.0139 e. The first-order chi connectivity index (χ1) is 11.2. The molecule has 2 rings (SSSR count). The Labute approximate surface area is 151 Å². The molecule has 0 bridgehead atoms. The van der Waals surface area contributed by atoms with E-state index in [-0.39, 0.29) is 15.8 Å². The average Bonchev–Trinajstić information content (AvgIpc) is 2.51. The van der Waals surface area contributed by atoms with Crippen molar-refractivity contribution in [2.24, 2.45) is 0 Å². The maximum atomic E-state index is 2.41. The van der Waals surface area contributed by atoms with E-state index in [1.54, 1.807) is 10.6 Å². The molecule has 2 aromatic carbocycles. The molecule has 0 heterocycles. The van der Waals surface area contributed by atoms with Crippen molar-refractivity contribution in [2.75, 3.05) is 12.3 Å². The molecule has 0 fully saturated rings. The lowest BCUT2D eigenvalue weighted by Gasteiger charge is -2.37. The van der Waals surface area contributed by atoms with Crippen molar-refractivity contribution < 1.29 is 0 Å². The molecule has 0 radical (unpaired) electrons. The number of hydrogen-bond donors (Lipinski definition) is 0. The van der Waals surface area contributed by atoms with Crippen LogP contribution in [-0.2, 0) is 0 Å². The van der Waals surface area contributed by atoms with Crippen molar-refractivity contribution in [1.82, 2.24) is 0 Å². The zero-order valence-corrected chi connectivity index (χ0v) is 17.9. The second-order valence-corrected chi connectivity index (χ2v) is 14.6. The van der Waals surface area contributed by atoms with Crippen molar-refractivity contribution in [3.63, 3.8) is 0 Å². The summed E-state index contributed by atoms with van der Waals surface area (Å²) in [4.78, 5) is 0. The van der Waals surface area contributed by atoms with Crippen molar-refractivity contribution in [3.8, 4) is 0 Å². The van der Waals surface area contributed by atoms with Gasteiger partial charge in [0.25, 0.3) is 0 Å². The Morgan fingerprint density at radius 2 is 0.833 bits per heavy atom. The minimum atomic E-state index is -0.151. The van der Waals surface area contributed by atoms with Crippen LogP contribution in [0.4, 0.5) is 0 Å². The summed E-state index contributed by atoms with van der Waals surface area (Å²) in [6.45, 7) is 14.5. The lowest BCUT2D eigenvalue weighted by molar-refractivity contribution is 0.780. The summed E-state index contributed by atoms with van der Waals surface area (Å²) in [6, 6.07) is 22.4. The number of benzene rings is 2. The fraction of sp³-hybridized carbons (Fsp3) is 0.455. The van der Waals surface area contributed by atoms with Gasteiger partial charge in [0.15, 0.2) is 0 Å². The third kappa shape index (κ3) is 5.40. The van der Waals surface area contributed by atoms with Gasteiger partial charge in [-0.05, 0) is 33.2 Å².